The van der Waals surface area contributed by atoms with Gasteiger partial charge in [0.25, 0.3) is 0 Å². The molecule has 2 aromatic rings. The third-order valence-corrected chi connectivity index (χ3v) is 2.48. The van der Waals surface area contributed by atoms with Crippen molar-refractivity contribution in [1.82, 2.24) is 4.98 Å². The maximum absolute atomic E-state index is 9.08. The number of aromatic amines is 1. The van der Waals surface area contributed by atoms with Crippen molar-refractivity contribution in [2.45, 2.75) is 6.92 Å². The van der Waals surface area contributed by atoms with Gasteiger partial charge in [-0.2, -0.15) is 0 Å². The molecule has 1 aromatic heterocycles. The molecule has 72 valence electrons. The zero-order valence-electron chi connectivity index (χ0n) is 7.58. The summed E-state index contributed by atoms with van der Waals surface area (Å²) in [6.45, 7) is 1.91. The van der Waals surface area contributed by atoms with Crippen molar-refractivity contribution in [1.29, 1.82) is 0 Å². The van der Waals surface area contributed by atoms with Gasteiger partial charge in [-0.15, -0.1) is 0 Å². The van der Waals surface area contributed by atoms with E-state index in [4.69, 9.17) is 21.6 Å². The molecule has 0 saturated carbocycles. The van der Waals surface area contributed by atoms with Crippen LogP contribution in [0.25, 0.3) is 10.9 Å². The van der Waals surface area contributed by atoms with Gasteiger partial charge >= 0.3 is 7.12 Å². The van der Waals surface area contributed by atoms with E-state index >= 15 is 0 Å². The Kier molecular flexibility index (Phi) is 2.27. The average molecular weight is 209 g/mol. The van der Waals surface area contributed by atoms with Crippen LogP contribution in [0.2, 0.25) is 5.02 Å². The Morgan fingerprint density at radius 2 is 2.07 bits per heavy atom. The summed E-state index contributed by atoms with van der Waals surface area (Å²) >= 11 is 5.88. The third-order valence-electron chi connectivity index (χ3n) is 2.26. The second-order valence-electron chi connectivity index (χ2n) is 3.26. The number of fused-ring (bicyclic) bond motifs is 1. The average Bonchev–Trinajstić information content (AvgIpc) is 2.47. The molecule has 0 aliphatic rings. The van der Waals surface area contributed by atoms with E-state index in [2.05, 4.69) is 4.98 Å². The lowest BCUT2D eigenvalue weighted by Crippen LogP contribution is -2.28. The first-order chi connectivity index (χ1) is 6.59. The molecule has 5 heteroatoms. The van der Waals surface area contributed by atoms with Gasteiger partial charge in [-0.1, -0.05) is 11.6 Å². The molecule has 0 fully saturated rings. The molecule has 14 heavy (non-hydrogen) atoms. The van der Waals surface area contributed by atoms with E-state index in [1.54, 1.807) is 12.3 Å². The van der Waals surface area contributed by atoms with Crippen LogP contribution in [-0.2, 0) is 0 Å². The SMILES string of the molecule is Cc1cc(Cl)cc2c(B(O)O)c[nH]c12. The fraction of sp³-hybridized carbons (Fsp3) is 0.111. The molecule has 0 amide bonds. The highest BCUT2D eigenvalue weighted by molar-refractivity contribution is 6.62. The molecule has 2 rings (SSSR count). The molecule has 0 radical (unpaired) electrons. The number of H-pyrrole nitrogens is 1. The maximum atomic E-state index is 9.08. The minimum absolute atomic E-state index is 0.450. The van der Waals surface area contributed by atoms with Crippen LogP contribution in [0.4, 0.5) is 0 Å². The topological polar surface area (TPSA) is 56.2 Å². The van der Waals surface area contributed by atoms with E-state index in [9.17, 15) is 0 Å². The highest BCUT2D eigenvalue weighted by Gasteiger charge is 2.17. The minimum atomic E-state index is -1.47. The molecule has 3 N–H and O–H groups in total. The number of benzene rings is 1. The summed E-state index contributed by atoms with van der Waals surface area (Å²) in [5.41, 5.74) is 2.32. The molecule has 1 heterocycles. The number of hydrogen-bond donors (Lipinski definition) is 3. The number of nitrogens with one attached hydrogen (secondary N) is 1. The number of aryl methyl sites for hydroxylation is 1. The number of hydrogen-bond acceptors (Lipinski definition) is 2. The van der Waals surface area contributed by atoms with Crippen molar-refractivity contribution in [3.8, 4) is 0 Å². The zero-order chi connectivity index (χ0) is 10.3. The first-order valence-electron chi connectivity index (χ1n) is 4.23. The van der Waals surface area contributed by atoms with Crippen LogP contribution in [0.15, 0.2) is 18.3 Å². The second-order valence-corrected chi connectivity index (χ2v) is 3.70. The van der Waals surface area contributed by atoms with E-state index in [0.717, 1.165) is 16.5 Å². The molecular weight excluding hydrogens is 200 g/mol. The standard InChI is InChI=1S/C9H9BClNO2/c1-5-2-6(11)3-7-8(10(13)14)4-12-9(5)7/h2-4,12-14H,1H3. The summed E-state index contributed by atoms with van der Waals surface area (Å²) in [7, 11) is -1.47. The number of rotatable bonds is 1. The fourth-order valence-corrected chi connectivity index (χ4v) is 1.88. The Balaban J connectivity index is 2.78. The number of halogens is 1. The van der Waals surface area contributed by atoms with Gasteiger partial charge in [-0.05, 0) is 24.6 Å². The molecule has 3 nitrogen and oxygen atoms in total. The van der Waals surface area contributed by atoms with Crippen molar-refractivity contribution >= 4 is 35.1 Å². The lowest BCUT2D eigenvalue weighted by atomic mass is 9.80. The van der Waals surface area contributed by atoms with Crippen molar-refractivity contribution in [2.75, 3.05) is 0 Å². The first kappa shape index (κ1) is 9.58. The predicted molar refractivity (Wildman–Crippen MR) is 57.9 cm³/mol. The Labute approximate surface area is 86.5 Å². The van der Waals surface area contributed by atoms with Crippen molar-refractivity contribution in [3.05, 3.63) is 28.9 Å². The van der Waals surface area contributed by atoms with E-state index in [1.807, 2.05) is 13.0 Å². The van der Waals surface area contributed by atoms with Crippen LogP contribution in [0.5, 0.6) is 0 Å². The van der Waals surface area contributed by atoms with Crippen LogP contribution in [0, 0.1) is 6.92 Å². The van der Waals surface area contributed by atoms with E-state index in [-0.39, 0.29) is 0 Å². The second kappa shape index (κ2) is 3.31. The van der Waals surface area contributed by atoms with Gasteiger partial charge in [0.2, 0.25) is 0 Å². The van der Waals surface area contributed by atoms with Crippen molar-refractivity contribution < 1.29 is 10.0 Å². The van der Waals surface area contributed by atoms with Crippen molar-refractivity contribution in [3.63, 3.8) is 0 Å². The molecule has 0 spiro atoms. The Morgan fingerprint density at radius 1 is 1.36 bits per heavy atom. The van der Waals surface area contributed by atoms with Crippen LogP contribution in [0.1, 0.15) is 5.56 Å². The highest BCUT2D eigenvalue weighted by atomic mass is 35.5. The smallest absolute Gasteiger partial charge is 0.423 e. The van der Waals surface area contributed by atoms with Gasteiger partial charge in [0.05, 0.1) is 0 Å². The molecule has 0 saturated heterocycles. The largest absolute Gasteiger partial charge is 0.490 e. The van der Waals surface area contributed by atoms with Gasteiger partial charge in [0, 0.05) is 27.6 Å². The van der Waals surface area contributed by atoms with Gasteiger partial charge in [0.1, 0.15) is 0 Å². The van der Waals surface area contributed by atoms with Gasteiger partial charge in [0.15, 0.2) is 0 Å². The quantitative estimate of drug-likeness (QED) is 0.609. The first-order valence-corrected chi connectivity index (χ1v) is 4.60. The normalized spacial score (nSPS) is 10.9. The highest BCUT2D eigenvalue weighted by Crippen LogP contribution is 2.21. The summed E-state index contributed by atoms with van der Waals surface area (Å²) in [6.07, 6.45) is 1.58. The third kappa shape index (κ3) is 1.41. The zero-order valence-corrected chi connectivity index (χ0v) is 8.34. The molecule has 0 aliphatic carbocycles. The van der Waals surface area contributed by atoms with Crippen LogP contribution in [-0.4, -0.2) is 22.2 Å². The van der Waals surface area contributed by atoms with Gasteiger partial charge in [-0.3, -0.25) is 0 Å². The molecule has 1 aromatic carbocycles. The van der Waals surface area contributed by atoms with Gasteiger partial charge in [-0.25, -0.2) is 0 Å². The van der Waals surface area contributed by atoms with E-state index in [0.29, 0.717) is 10.5 Å². The van der Waals surface area contributed by atoms with Crippen LogP contribution >= 0.6 is 11.6 Å². The molecule has 0 aliphatic heterocycles. The van der Waals surface area contributed by atoms with Gasteiger partial charge < -0.3 is 15.0 Å². The summed E-state index contributed by atoms with van der Waals surface area (Å²) in [5, 5.41) is 19.5. The molecular formula is C9H9BClNO2. The summed E-state index contributed by atoms with van der Waals surface area (Å²) < 4.78 is 0. The number of aromatic nitrogens is 1. The molecule has 0 unspecified atom stereocenters. The van der Waals surface area contributed by atoms with E-state index < -0.39 is 7.12 Å². The summed E-state index contributed by atoms with van der Waals surface area (Å²) in [6, 6.07) is 3.54. The van der Waals surface area contributed by atoms with Crippen molar-refractivity contribution in [2.24, 2.45) is 0 Å². The lowest BCUT2D eigenvalue weighted by Gasteiger charge is -2.00. The maximum Gasteiger partial charge on any atom is 0.490 e. The lowest BCUT2D eigenvalue weighted by molar-refractivity contribution is 0.426. The van der Waals surface area contributed by atoms with Crippen LogP contribution < -0.4 is 5.46 Å². The summed E-state index contributed by atoms with van der Waals surface area (Å²) in [4.78, 5) is 2.99. The Bertz CT molecular complexity index is 481. The summed E-state index contributed by atoms with van der Waals surface area (Å²) in [5.74, 6) is 0. The Morgan fingerprint density at radius 3 is 2.71 bits per heavy atom. The Hall–Kier alpha value is -0.965. The minimum Gasteiger partial charge on any atom is -0.423 e. The predicted octanol–water partition coefficient (Wildman–Crippen LogP) is 0.810. The van der Waals surface area contributed by atoms with Crippen LogP contribution in [0.3, 0.4) is 0 Å². The monoisotopic (exact) mass is 209 g/mol. The fourth-order valence-electron chi connectivity index (χ4n) is 1.60. The molecule has 0 bridgehead atoms. The van der Waals surface area contributed by atoms with E-state index in [1.165, 1.54) is 0 Å². The molecule has 0 atom stereocenters.